The first-order chi connectivity index (χ1) is 9.11. The highest BCUT2D eigenvalue weighted by Gasteiger charge is 2.41. The van der Waals surface area contributed by atoms with E-state index in [0.717, 1.165) is 6.54 Å². The Hall–Kier alpha value is -0.360. The van der Waals surface area contributed by atoms with Gasteiger partial charge in [-0.05, 0) is 33.1 Å². The van der Waals surface area contributed by atoms with Gasteiger partial charge in [0.2, 0.25) is 0 Å². The van der Waals surface area contributed by atoms with Gasteiger partial charge in [0, 0.05) is 0 Å². The maximum absolute atomic E-state index is 11.5. The Morgan fingerprint density at radius 2 is 2.05 bits per heavy atom. The van der Waals surface area contributed by atoms with Crippen LogP contribution in [0.4, 0.5) is 0 Å². The van der Waals surface area contributed by atoms with Crippen LogP contribution in [0, 0.1) is 0 Å². The second-order valence-electron chi connectivity index (χ2n) is 5.68. The zero-order chi connectivity index (χ0) is 13.7. The van der Waals surface area contributed by atoms with Crippen LogP contribution in [0.15, 0.2) is 0 Å². The molecule has 0 aromatic carbocycles. The molecule has 2 aliphatic rings. The number of ether oxygens (including phenoxy) is 3. The zero-order valence-electron chi connectivity index (χ0n) is 12.5. The summed E-state index contributed by atoms with van der Waals surface area (Å²) in [6.45, 7) is 8.06. The number of hydrogen-bond acceptors (Lipinski definition) is 4. The fourth-order valence-electron chi connectivity index (χ4n) is 2.94. The van der Waals surface area contributed by atoms with E-state index in [1.54, 1.807) is 11.8 Å². The quantitative estimate of drug-likeness (QED) is 0.555. The number of carbonyl (C=O) groups is 1. The van der Waals surface area contributed by atoms with Crippen LogP contribution in [0.2, 0.25) is 0 Å². The van der Waals surface area contributed by atoms with Gasteiger partial charge >= 0.3 is 5.97 Å². The van der Waals surface area contributed by atoms with Crippen molar-refractivity contribution in [2.24, 2.45) is 0 Å². The molecular weight excluding hydrogens is 282 g/mol. The fraction of sp³-hybridized carbons (Fsp3) is 0.929. The maximum atomic E-state index is 11.5. The molecule has 0 amide bonds. The largest absolute Gasteiger partial charge is 1.00 e. The molecule has 20 heavy (non-hydrogen) atoms. The molecule has 0 spiro atoms. The zero-order valence-corrected chi connectivity index (χ0v) is 13.2. The number of hydrogen-bond donors (Lipinski definition) is 1. The molecule has 2 unspecified atom stereocenters. The summed E-state index contributed by atoms with van der Waals surface area (Å²) in [6.07, 6.45) is 4.25. The number of esters is 1. The molecule has 0 aromatic heterocycles. The number of piperidine rings is 1. The summed E-state index contributed by atoms with van der Waals surface area (Å²) < 4.78 is 16.6. The molecule has 2 aliphatic heterocycles. The van der Waals surface area contributed by atoms with Crippen LogP contribution < -0.4 is 17.3 Å². The van der Waals surface area contributed by atoms with Gasteiger partial charge in [-0.2, -0.15) is 0 Å². The van der Waals surface area contributed by atoms with Crippen LogP contribution in [-0.4, -0.2) is 50.7 Å². The molecular formula is C14H26ClNO4. The Labute approximate surface area is 127 Å². The van der Waals surface area contributed by atoms with Crippen LogP contribution in [-0.2, 0) is 19.0 Å². The van der Waals surface area contributed by atoms with E-state index in [4.69, 9.17) is 14.2 Å². The maximum Gasteiger partial charge on any atom is 0.311 e. The standard InChI is InChI=1S/C14H25NO4.ClH/c1-3-17-13(16)9-14(2)18-11-12(19-14)10-15-7-5-4-6-8-15;/h12H,3-11H2,1-2H3;1H. The summed E-state index contributed by atoms with van der Waals surface area (Å²) in [4.78, 5) is 13.1. The molecule has 2 atom stereocenters. The second kappa shape index (κ2) is 8.17. The van der Waals surface area contributed by atoms with Gasteiger partial charge in [0.1, 0.15) is 12.6 Å². The lowest BCUT2D eigenvalue weighted by Gasteiger charge is -2.26. The number of nitrogens with one attached hydrogen (secondary N) is 1. The Morgan fingerprint density at radius 1 is 1.35 bits per heavy atom. The van der Waals surface area contributed by atoms with Gasteiger partial charge in [-0.25, -0.2) is 0 Å². The number of quaternary nitrogens is 1. The van der Waals surface area contributed by atoms with E-state index in [-0.39, 0.29) is 30.9 Å². The molecule has 1 N–H and O–H groups in total. The number of likely N-dealkylation sites (tertiary alicyclic amines) is 1. The lowest BCUT2D eigenvalue weighted by atomic mass is 10.1. The lowest BCUT2D eigenvalue weighted by Crippen LogP contribution is -3.13. The molecule has 0 aromatic rings. The third kappa shape index (κ3) is 5.20. The third-order valence-corrected chi connectivity index (χ3v) is 3.84. The summed E-state index contributed by atoms with van der Waals surface area (Å²) in [5, 5.41) is 0. The Morgan fingerprint density at radius 3 is 2.70 bits per heavy atom. The highest BCUT2D eigenvalue weighted by atomic mass is 35.5. The summed E-state index contributed by atoms with van der Waals surface area (Å²) >= 11 is 0. The van der Waals surface area contributed by atoms with E-state index < -0.39 is 5.79 Å². The number of halogens is 1. The normalized spacial score (nSPS) is 30.8. The first-order valence-electron chi connectivity index (χ1n) is 7.42. The van der Waals surface area contributed by atoms with E-state index in [2.05, 4.69) is 0 Å². The Balaban J connectivity index is 0.00000200. The van der Waals surface area contributed by atoms with Gasteiger partial charge in [-0.3, -0.25) is 4.79 Å². The van der Waals surface area contributed by atoms with Crippen molar-refractivity contribution >= 4 is 5.97 Å². The van der Waals surface area contributed by atoms with Crippen LogP contribution in [0.3, 0.4) is 0 Å². The van der Waals surface area contributed by atoms with Gasteiger partial charge in [-0.1, -0.05) is 0 Å². The molecule has 5 nitrogen and oxygen atoms in total. The minimum Gasteiger partial charge on any atom is -1.00 e. The summed E-state index contributed by atoms with van der Waals surface area (Å²) in [6, 6.07) is 0. The predicted octanol–water partition coefficient (Wildman–Crippen LogP) is -2.86. The molecule has 2 rings (SSSR count). The van der Waals surface area contributed by atoms with Crippen LogP contribution in [0.25, 0.3) is 0 Å². The van der Waals surface area contributed by atoms with Crippen molar-refractivity contribution in [1.82, 2.24) is 0 Å². The monoisotopic (exact) mass is 307 g/mol. The van der Waals surface area contributed by atoms with Crippen molar-refractivity contribution in [2.75, 3.05) is 32.8 Å². The highest BCUT2D eigenvalue weighted by molar-refractivity contribution is 5.70. The van der Waals surface area contributed by atoms with Gasteiger partial charge in [0.15, 0.2) is 5.79 Å². The fourth-order valence-corrected chi connectivity index (χ4v) is 2.94. The van der Waals surface area contributed by atoms with E-state index in [0.29, 0.717) is 13.2 Å². The van der Waals surface area contributed by atoms with E-state index in [9.17, 15) is 4.79 Å². The molecule has 2 heterocycles. The summed E-state index contributed by atoms with van der Waals surface area (Å²) in [5.41, 5.74) is 0. The molecule has 2 saturated heterocycles. The Bertz CT molecular complexity index is 310. The van der Waals surface area contributed by atoms with E-state index in [1.807, 2.05) is 6.92 Å². The van der Waals surface area contributed by atoms with Gasteiger partial charge in [0.05, 0.1) is 32.7 Å². The first kappa shape index (κ1) is 17.7. The SMILES string of the molecule is CCOC(=O)CC1(C)OCC(C[NH+]2CCCCC2)O1.[Cl-]. The van der Waals surface area contributed by atoms with Crippen molar-refractivity contribution in [3.8, 4) is 0 Å². The second-order valence-corrected chi connectivity index (χ2v) is 5.68. The molecule has 2 fully saturated rings. The summed E-state index contributed by atoms with van der Waals surface area (Å²) in [7, 11) is 0. The van der Waals surface area contributed by atoms with Gasteiger partial charge < -0.3 is 31.5 Å². The number of rotatable bonds is 5. The molecule has 0 radical (unpaired) electrons. The van der Waals surface area contributed by atoms with E-state index in [1.165, 1.54) is 32.4 Å². The highest BCUT2D eigenvalue weighted by Crippen LogP contribution is 2.26. The topological polar surface area (TPSA) is 49.2 Å². The van der Waals surface area contributed by atoms with E-state index >= 15 is 0 Å². The average molecular weight is 308 g/mol. The van der Waals surface area contributed by atoms with Gasteiger partial charge in [-0.15, -0.1) is 0 Å². The van der Waals surface area contributed by atoms with Crippen molar-refractivity contribution in [3.63, 3.8) is 0 Å². The molecule has 0 saturated carbocycles. The Kier molecular flexibility index (Phi) is 7.23. The molecule has 6 heteroatoms. The molecule has 118 valence electrons. The van der Waals surface area contributed by atoms with Crippen molar-refractivity contribution in [3.05, 3.63) is 0 Å². The third-order valence-electron chi connectivity index (χ3n) is 3.84. The minimum atomic E-state index is -0.799. The van der Waals surface area contributed by atoms with Crippen molar-refractivity contribution in [2.45, 2.75) is 51.4 Å². The first-order valence-corrected chi connectivity index (χ1v) is 7.42. The number of carbonyl (C=O) groups excluding carboxylic acids is 1. The lowest BCUT2D eigenvalue weighted by molar-refractivity contribution is -0.907. The van der Waals surface area contributed by atoms with Crippen molar-refractivity contribution < 1.29 is 36.3 Å². The van der Waals surface area contributed by atoms with Crippen molar-refractivity contribution in [1.29, 1.82) is 0 Å². The average Bonchev–Trinajstić information content (AvgIpc) is 2.72. The summed E-state index contributed by atoms with van der Waals surface area (Å²) in [5.74, 6) is -1.05. The van der Waals surface area contributed by atoms with Crippen LogP contribution in [0.1, 0.15) is 39.5 Å². The smallest absolute Gasteiger partial charge is 0.311 e. The van der Waals surface area contributed by atoms with Crippen LogP contribution in [0.5, 0.6) is 0 Å². The van der Waals surface area contributed by atoms with Gasteiger partial charge in [0.25, 0.3) is 0 Å². The van der Waals surface area contributed by atoms with Crippen LogP contribution >= 0.6 is 0 Å². The predicted molar refractivity (Wildman–Crippen MR) is 69.9 cm³/mol. The molecule has 0 aliphatic carbocycles. The molecule has 0 bridgehead atoms. The minimum absolute atomic E-state index is 0.